The van der Waals surface area contributed by atoms with Crippen LogP contribution in [0.25, 0.3) is 0 Å². The minimum atomic E-state index is 0.125. The highest BCUT2D eigenvalue weighted by Gasteiger charge is 2.29. The van der Waals surface area contributed by atoms with E-state index in [1.165, 1.54) is 36.8 Å². The van der Waals surface area contributed by atoms with E-state index < -0.39 is 0 Å². The van der Waals surface area contributed by atoms with E-state index in [1.54, 1.807) is 0 Å². The first kappa shape index (κ1) is 14.1. The van der Waals surface area contributed by atoms with Gasteiger partial charge in [0.05, 0.1) is 6.10 Å². The van der Waals surface area contributed by atoms with Gasteiger partial charge in [0.25, 0.3) is 0 Å². The Balaban J connectivity index is 1.72. The van der Waals surface area contributed by atoms with Crippen LogP contribution in [0.4, 0.5) is 0 Å². The highest BCUT2D eigenvalue weighted by Crippen LogP contribution is 2.30. The second kappa shape index (κ2) is 6.25. The molecule has 0 saturated carbocycles. The third-order valence-electron chi connectivity index (χ3n) is 4.86. The second-order valence-corrected chi connectivity index (χ2v) is 6.26. The Morgan fingerprint density at radius 3 is 2.90 bits per heavy atom. The van der Waals surface area contributed by atoms with Crippen LogP contribution in [0.5, 0.6) is 0 Å². The van der Waals surface area contributed by atoms with E-state index in [-0.39, 0.29) is 6.04 Å². The predicted molar refractivity (Wildman–Crippen MR) is 81.7 cm³/mol. The van der Waals surface area contributed by atoms with Crippen molar-refractivity contribution in [3.8, 4) is 0 Å². The summed E-state index contributed by atoms with van der Waals surface area (Å²) in [5.41, 5.74) is 9.36. The lowest BCUT2D eigenvalue weighted by atomic mass is 9.96. The Kier molecular flexibility index (Phi) is 4.39. The summed E-state index contributed by atoms with van der Waals surface area (Å²) < 4.78 is 5.77. The van der Waals surface area contributed by atoms with Crippen molar-refractivity contribution in [2.75, 3.05) is 20.2 Å². The van der Waals surface area contributed by atoms with Crippen LogP contribution in [0.3, 0.4) is 0 Å². The molecule has 3 atom stereocenters. The van der Waals surface area contributed by atoms with Gasteiger partial charge in [-0.25, -0.2) is 0 Å². The monoisotopic (exact) mass is 274 g/mol. The third kappa shape index (κ3) is 2.90. The van der Waals surface area contributed by atoms with E-state index in [9.17, 15) is 0 Å². The number of aryl methyl sites for hydroxylation is 1. The highest BCUT2D eigenvalue weighted by molar-refractivity contribution is 5.32. The average Bonchev–Trinajstić information content (AvgIpc) is 2.90. The molecule has 0 amide bonds. The molecule has 0 spiro atoms. The molecule has 110 valence electrons. The van der Waals surface area contributed by atoms with Gasteiger partial charge in [0.2, 0.25) is 0 Å². The van der Waals surface area contributed by atoms with Crippen molar-refractivity contribution in [1.82, 2.24) is 4.90 Å². The topological polar surface area (TPSA) is 38.5 Å². The molecular weight excluding hydrogens is 248 g/mol. The molecule has 20 heavy (non-hydrogen) atoms. The van der Waals surface area contributed by atoms with Crippen LogP contribution in [0, 0.1) is 0 Å². The number of hydrogen-bond acceptors (Lipinski definition) is 3. The maximum absolute atomic E-state index is 6.58. The van der Waals surface area contributed by atoms with E-state index >= 15 is 0 Å². The largest absolute Gasteiger partial charge is 0.377 e. The van der Waals surface area contributed by atoms with Gasteiger partial charge in [0.15, 0.2) is 0 Å². The zero-order chi connectivity index (χ0) is 13.9. The number of nitrogens with two attached hydrogens (primary N) is 1. The molecule has 3 heteroatoms. The summed E-state index contributed by atoms with van der Waals surface area (Å²) in [4.78, 5) is 2.43. The molecule has 2 N–H and O–H groups in total. The molecule has 1 heterocycles. The van der Waals surface area contributed by atoms with E-state index in [1.807, 2.05) is 0 Å². The average molecular weight is 274 g/mol. The fraction of sp³-hybridized carbons (Fsp3) is 0.647. The summed E-state index contributed by atoms with van der Waals surface area (Å²) in [5.74, 6) is 0. The molecule has 2 aliphatic rings. The van der Waals surface area contributed by atoms with Crippen LogP contribution in [0.1, 0.15) is 42.9 Å². The molecule has 1 aliphatic carbocycles. The SMILES string of the molecule is CN(CC1CCCO1)C1CCCc2ccccc2C1N. The number of nitrogens with zero attached hydrogens (tertiary/aromatic N) is 1. The van der Waals surface area contributed by atoms with Crippen LogP contribution in [-0.2, 0) is 11.2 Å². The molecule has 0 aromatic heterocycles. The van der Waals surface area contributed by atoms with Crippen LogP contribution >= 0.6 is 0 Å². The minimum Gasteiger partial charge on any atom is -0.377 e. The van der Waals surface area contributed by atoms with Gasteiger partial charge >= 0.3 is 0 Å². The van der Waals surface area contributed by atoms with Crippen molar-refractivity contribution in [3.63, 3.8) is 0 Å². The van der Waals surface area contributed by atoms with E-state index in [4.69, 9.17) is 10.5 Å². The standard InChI is InChI=1S/C17H26N2O/c1-19(12-14-8-5-11-20-14)16-10-4-7-13-6-2-3-9-15(13)17(16)18/h2-3,6,9,14,16-17H,4-5,7-8,10-12,18H2,1H3. The summed E-state index contributed by atoms with van der Waals surface area (Å²) >= 11 is 0. The van der Waals surface area contributed by atoms with Gasteiger partial charge in [-0.3, -0.25) is 4.90 Å². The summed E-state index contributed by atoms with van der Waals surface area (Å²) in [6, 6.07) is 9.24. The lowest BCUT2D eigenvalue weighted by Crippen LogP contribution is -2.43. The van der Waals surface area contributed by atoms with Crippen molar-refractivity contribution in [2.24, 2.45) is 5.73 Å². The highest BCUT2D eigenvalue weighted by atomic mass is 16.5. The van der Waals surface area contributed by atoms with Crippen LogP contribution in [0.15, 0.2) is 24.3 Å². The molecule has 0 bridgehead atoms. The van der Waals surface area contributed by atoms with E-state index in [2.05, 4.69) is 36.2 Å². The number of benzene rings is 1. The number of ether oxygens (including phenoxy) is 1. The van der Waals surface area contributed by atoms with Gasteiger partial charge in [-0.05, 0) is 50.3 Å². The molecule has 1 aromatic carbocycles. The van der Waals surface area contributed by atoms with Crippen LogP contribution < -0.4 is 5.73 Å². The molecule has 1 aromatic rings. The molecule has 1 fully saturated rings. The smallest absolute Gasteiger partial charge is 0.0702 e. The summed E-state index contributed by atoms with van der Waals surface area (Å²) in [5, 5.41) is 0. The van der Waals surface area contributed by atoms with Crippen molar-refractivity contribution in [3.05, 3.63) is 35.4 Å². The fourth-order valence-corrected chi connectivity index (χ4v) is 3.72. The normalized spacial score (nSPS) is 30.2. The molecule has 3 nitrogen and oxygen atoms in total. The third-order valence-corrected chi connectivity index (χ3v) is 4.86. The van der Waals surface area contributed by atoms with Crippen molar-refractivity contribution in [1.29, 1.82) is 0 Å². The van der Waals surface area contributed by atoms with Gasteiger partial charge in [0.1, 0.15) is 0 Å². The lowest BCUT2D eigenvalue weighted by Gasteiger charge is -2.33. The first-order valence-corrected chi connectivity index (χ1v) is 7.91. The Morgan fingerprint density at radius 2 is 2.10 bits per heavy atom. The quantitative estimate of drug-likeness (QED) is 0.861. The van der Waals surface area contributed by atoms with Gasteiger partial charge in [-0.1, -0.05) is 24.3 Å². The van der Waals surface area contributed by atoms with Crippen molar-refractivity contribution in [2.45, 2.75) is 50.3 Å². The first-order chi connectivity index (χ1) is 9.75. The molecule has 3 unspecified atom stereocenters. The van der Waals surface area contributed by atoms with Crippen LogP contribution in [-0.4, -0.2) is 37.2 Å². The number of rotatable bonds is 3. The summed E-state index contributed by atoms with van der Waals surface area (Å²) in [6.45, 7) is 1.94. The summed E-state index contributed by atoms with van der Waals surface area (Å²) in [6.07, 6.45) is 6.38. The lowest BCUT2D eigenvalue weighted by molar-refractivity contribution is 0.0617. The molecule has 3 rings (SSSR count). The Morgan fingerprint density at radius 1 is 1.25 bits per heavy atom. The first-order valence-electron chi connectivity index (χ1n) is 7.91. The Labute approximate surface area is 122 Å². The fourth-order valence-electron chi connectivity index (χ4n) is 3.72. The zero-order valence-electron chi connectivity index (χ0n) is 12.4. The predicted octanol–water partition coefficient (Wildman–Crippen LogP) is 2.50. The molecule has 1 saturated heterocycles. The zero-order valence-corrected chi connectivity index (χ0v) is 12.4. The maximum Gasteiger partial charge on any atom is 0.0702 e. The Bertz CT molecular complexity index is 442. The van der Waals surface area contributed by atoms with Crippen molar-refractivity contribution >= 4 is 0 Å². The van der Waals surface area contributed by atoms with Crippen molar-refractivity contribution < 1.29 is 4.74 Å². The van der Waals surface area contributed by atoms with E-state index in [0.717, 1.165) is 19.6 Å². The van der Waals surface area contributed by atoms with Gasteiger partial charge in [-0.15, -0.1) is 0 Å². The van der Waals surface area contributed by atoms with Gasteiger partial charge in [0, 0.05) is 25.2 Å². The number of likely N-dealkylation sites (N-methyl/N-ethyl adjacent to an activating group) is 1. The maximum atomic E-state index is 6.58. The molecular formula is C17H26N2O. The molecule has 0 radical (unpaired) electrons. The van der Waals surface area contributed by atoms with Crippen LogP contribution in [0.2, 0.25) is 0 Å². The number of fused-ring (bicyclic) bond motifs is 1. The molecule has 1 aliphatic heterocycles. The van der Waals surface area contributed by atoms with Gasteiger partial charge < -0.3 is 10.5 Å². The summed E-state index contributed by atoms with van der Waals surface area (Å²) in [7, 11) is 2.21. The number of hydrogen-bond donors (Lipinski definition) is 1. The van der Waals surface area contributed by atoms with Gasteiger partial charge in [-0.2, -0.15) is 0 Å². The minimum absolute atomic E-state index is 0.125. The second-order valence-electron chi connectivity index (χ2n) is 6.26. The Hall–Kier alpha value is -0.900. The van der Waals surface area contributed by atoms with E-state index in [0.29, 0.717) is 12.1 Å².